The van der Waals surface area contributed by atoms with Gasteiger partial charge in [-0.2, -0.15) is 0 Å². The van der Waals surface area contributed by atoms with Crippen LogP contribution in [0.2, 0.25) is 0 Å². The minimum Gasteiger partial charge on any atom is -0.382 e. The Kier molecular flexibility index (Phi) is 7.07. The smallest absolute Gasteiger partial charge is 0.166 e. The lowest BCUT2D eigenvalue weighted by molar-refractivity contribution is 0.145. The molecular weight excluding hydrogens is 254 g/mol. The molecule has 4 nitrogen and oxygen atoms in total. The summed E-state index contributed by atoms with van der Waals surface area (Å²) in [7, 11) is 0. The number of thiocarbonyl (C=S) groups is 1. The number of rotatable bonds is 7. The van der Waals surface area contributed by atoms with Gasteiger partial charge in [-0.05, 0) is 32.5 Å². The van der Waals surface area contributed by atoms with Gasteiger partial charge >= 0.3 is 0 Å². The van der Waals surface area contributed by atoms with E-state index >= 15 is 0 Å². The van der Waals surface area contributed by atoms with Crippen molar-refractivity contribution in [3.63, 3.8) is 0 Å². The number of hydrogen-bond acceptors (Lipinski definition) is 4. The first kappa shape index (κ1) is 14.3. The normalized spacial score (nSPS) is 10.2. The monoisotopic (exact) mass is 273 g/mol. The minimum absolute atomic E-state index is 0.689. The molecule has 0 aromatic carbocycles. The molecule has 0 unspecified atom stereocenters. The van der Waals surface area contributed by atoms with E-state index < -0.39 is 0 Å². The van der Waals surface area contributed by atoms with Gasteiger partial charge < -0.3 is 15.4 Å². The zero-order chi connectivity index (χ0) is 12.5. The third-order valence-electron chi connectivity index (χ3n) is 2.21. The molecule has 1 aromatic rings. The predicted octanol–water partition coefficient (Wildman–Crippen LogP) is 1.84. The van der Waals surface area contributed by atoms with Crippen molar-refractivity contribution in [2.75, 3.05) is 19.8 Å². The van der Waals surface area contributed by atoms with E-state index in [2.05, 4.69) is 15.6 Å². The molecule has 1 rings (SSSR count). The fraction of sp³-hybridized carbons (Fsp3) is 0.636. The van der Waals surface area contributed by atoms with E-state index in [1.165, 1.54) is 4.88 Å². The maximum Gasteiger partial charge on any atom is 0.166 e. The first-order valence-electron chi connectivity index (χ1n) is 5.72. The lowest BCUT2D eigenvalue weighted by Gasteiger charge is -2.09. The first-order chi connectivity index (χ1) is 8.24. The van der Waals surface area contributed by atoms with Gasteiger partial charge in [-0.15, -0.1) is 11.3 Å². The quantitative estimate of drug-likeness (QED) is 0.586. The Labute approximate surface area is 112 Å². The van der Waals surface area contributed by atoms with Crippen LogP contribution in [0.4, 0.5) is 0 Å². The molecule has 6 heteroatoms. The Hall–Kier alpha value is -0.720. The Bertz CT molecular complexity index is 341. The predicted molar refractivity (Wildman–Crippen MR) is 75.4 cm³/mol. The summed E-state index contributed by atoms with van der Waals surface area (Å²) in [5.41, 5.74) is 2.92. The van der Waals surface area contributed by atoms with E-state index in [0.717, 1.165) is 38.4 Å². The highest BCUT2D eigenvalue weighted by Gasteiger charge is 2.01. The van der Waals surface area contributed by atoms with E-state index in [0.29, 0.717) is 5.11 Å². The average molecular weight is 273 g/mol. The van der Waals surface area contributed by atoms with Crippen LogP contribution in [0.25, 0.3) is 0 Å². The lowest BCUT2D eigenvalue weighted by atomic mass is 10.4. The van der Waals surface area contributed by atoms with E-state index in [1.54, 1.807) is 11.3 Å². The molecule has 96 valence electrons. The number of nitrogens with one attached hydrogen (secondary N) is 2. The molecule has 1 heterocycles. The second kappa shape index (κ2) is 8.38. The molecule has 17 heavy (non-hydrogen) atoms. The van der Waals surface area contributed by atoms with Crippen LogP contribution in [-0.4, -0.2) is 29.9 Å². The number of hydrogen-bond donors (Lipinski definition) is 2. The highest BCUT2D eigenvalue weighted by molar-refractivity contribution is 7.80. The SMILES string of the molecule is CCOCCCNC(=S)NCc1scnc1C. The molecule has 0 saturated carbocycles. The number of ether oxygens (including phenoxy) is 1. The molecule has 2 N–H and O–H groups in total. The van der Waals surface area contributed by atoms with Crippen molar-refractivity contribution in [3.05, 3.63) is 16.1 Å². The lowest BCUT2D eigenvalue weighted by Crippen LogP contribution is -2.35. The third kappa shape index (κ3) is 5.95. The molecular formula is C11H19N3OS2. The van der Waals surface area contributed by atoms with Crippen LogP contribution in [0.1, 0.15) is 23.9 Å². The standard InChI is InChI=1S/C11H19N3OS2/c1-3-15-6-4-5-12-11(16)13-7-10-9(2)14-8-17-10/h8H,3-7H2,1-2H3,(H2,12,13,16). The van der Waals surface area contributed by atoms with Crippen LogP contribution in [0.15, 0.2) is 5.51 Å². The first-order valence-corrected chi connectivity index (χ1v) is 7.01. The van der Waals surface area contributed by atoms with Gasteiger partial charge in [-0.3, -0.25) is 0 Å². The minimum atomic E-state index is 0.689. The Balaban J connectivity index is 2.07. The summed E-state index contributed by atoms with van der Waals surface area (Å²) in [6.07, 6.45) is 0.968. The zero-order valence-electron chi connectivity index (χ0n) is 10.3. The second-order valence-electron chi connectivity index (χ2n) is 3.52. The van der Waals surface area contributed by atoms with Crippen LogP contribution in [0.3, 0.4) is 0 Å². The van der Waals surface area contributed by atoms with Crippen LogP contribution in [0, 0.1) is 6.92 Å². The van der Waals surface area contributed by atoms with E-state index in [-0.39, 0.29) is 0 Å². The highest BCUT2D eigenvalue weighted by Crippen LogP contribution is 2.10. The van der Waals surface area contributed by atoms with E-state index in [9.17, 15) is 0 Å². The van der Waals surface area contributed by atoms with Gasteiger partial charge in [-0.1, -0.05) is 0 Å². The molecule has 0 bridgehead atoms. The van der Waals surface area contributed by atoms with Gasteiger partial charge in [0.15, 0.2) is 5.11 Å². The largest absolute Gasteiger partial charge is 0.382 e. The number of thiazole rings is 1. The van der Waals surface area contributed by atoms with Gasteiger partial charge in [-0.25, -0.2) is 4.98 Å². The second-order valence-corrected chi connectivity index (χ2v) is 4.87. The van der Waals surface area contributed by atoms with Crippen molar-refractivity contribution in [1.82, 2.24) is 15.6 Å². The summed E-state index contributed by atoms with van der Waals surface area (Å²) in [4.78, 5) is 5.41. The molecule has 0 aliphatic rings. The Morgan fingerprint density at radius 1 is 1.53 bits per heavy atom. The fourth-order valence-electron chi connectivity index (χ4n) is 1.24. The number of aromatic nitrogens is 1. The summed E-state index contributed by atoms with van der Waals surface area (Å²) >= 11 is 6.82. The topological polar surface area (TPSA) is 46.2 Å². The molecule has 1 aromatic heterocycles. The van der Waals surface area contributed by atoms with Crippen LogP contribution in [-0.2, 0) is 11.3 Å². The highest BCUT2D eigenvalue weighted by atomic mass is 32.1. The molecule has 0 saturated heterocycles. The Morgan fingerprint density at radius 2 is 2.35 bits per heavy atom. The van der Waals surface area contributed by atoms with Crippen LogP contribution < -0.4 is 10.6 Å². The summed E-state index contributed by atoms with van der Waals surface area (Å²) in [5.74, 6) is 0. The summed E-state index contributed by atoms with van der Waals surface area (Å²) in [5, 5.41) is 7.00. The maximum atomic E-state index is 5.24. The van der Waals surface area contributed by atoms with E-state index in [1.807, 2.05) is 19.4 Å². The van der Waals surface area contributed by atoms with Crippen molar-refractivity contribution in [2.45, 2.75) is 26.8 Å². The molecule has 0 amide bonds. The summed E-state index contributed by atoms with van der Waals surface area (Å²) < 4.78 is 5.24. The van der Waals surface area contributed by atoms with Crippen LogP contribution in [0.5, 0.6) is 0 Å². The van der Waals surface area contributed by atoms with Gasteiger partial charge in [0.05, 0.1) is 17.7 Å². The van der Waals surface area contributed by atoms with Crippen molar-refractivity contribution in [3.8, 4) is 0 Å². The fourth-order valence-corrected chi connectivity index (χ4v) is 2.13. The Morgan fingerprint density at radius 3 is 3.00 bits per heavy atom. The summed E-state index contributed by atoms with van der Waals surface area (Å²) in [6, 6.07) is 0. The van der Waals surface area contributed by atoms with Crippen molar-refractivity contribution >= 4 is 28.7 Å². The van der Waals surface area contributed by atoms with Gasteiger partial charge in [0.25, 0.3) is 0 Å². The molecule has 0 aliphatic heterocycles. The maximum absolute atomic E-state index is 5.24. The molecule has 0 atom stereocenters. The molecule has 0 aliphatic carbocycles. The molecule has 0 spiro atoms. The molecule has 0 radical (unpaired) electrons. The summed E-state index contributed by atoms with van der Waals surface area (Å²) in [6.45, 7) is 7.14. The van der Waals surface area contributed by atoms with Crippen molar-refractivity contribution < 1.29 is 4.74 Å². The number of nitrogens with zero attached hydrogens (tertiary/aromatic N) is 1. The number of aryl methyl sites for hydroxylation is 1. The van der Waals surface area contributed by atoms with Crippen molar-refractivity contribution in [2.24, 2.45) is 0 Å². The van der Waals surface area contributed by atoms with Gasteiger partial charge in [0.1, 0.15) is 0 Å². The zero-order valence-corrected chi connectivity index (χ0v) is 11.9. The van der Waals surface area contributed by atoms with Gasteiger partial charge in [0.2, 0.25) is 0 Å². The van der Waals surface area contributed by atoms with Gasteiger partial charge in [0, 0.05) is 24.6 Å². The molecule has 0 fully saturated rings. The average Bonchev–Trinajstić information content (AvgIpc) is 2.72. The van der Waals surface area contributed by atoms with Crippen LogP contribution >= 0.6 is 23.6 Å². The van der Waals surface area contributed by atoms with E-state index in [4.69, 9.17) is 17.0 Å². The third-order valence-corrected chi connectivity index (χ3v) is 3.43. The van der Waals surface area contributed by atoms with Crippen molar-refractivity contribution in [1.29, 1.82) is 0 Å².